The number of nitriles is 1. The van der Waals surface area contributed by atoms with Crippen LogP contribution in [0.2, 0.25) is 5.02 Å². The van der Waals surface area contributed by atoms with E-state index in [0.29, 0.717) is 17.1 Å². The zero-order valence-electron chi connectivity index (χ0n) is 11.3. The fourth-order valence-corrected chi connectivity index (χ4v) is 2.24. The van der Waals surface area contributed by atoms with Crippen molar-refractivity contribution >= 4 is 17.3 Å². The van der Waals surface area contributed by atoms with Gasteiger partial charge in [-0.05, 0) is 43.7 Å². The zero-order valence-corrected chi connectivity index (χ0v) is 12.0. The number of nitrogens with zero attached hydrogens (tertiary/aromatic N) is 2. The van der Waals surface area contributed by atoms with Gasteiger partial charge in [-0.1, -0.05) is 11.6 Å². The van der Waals surface area contributed by atoms with Crippen molar-refractivity contribution in [3.8, 4) is 6.07 Å². The molecule has 1 aromatic heterocycles. The molecule has 1 N–H and O–H groups in total. The van der Waals surface area contributed by atoms with Crippen molar-refractivity contribution in [1.82, 2.24) is 4.57 Å². The number of anilines is 1. The van der Waals surface area contributed by atoms with E-state index in [1.165, 1.54) is 17.0 Å². The SMILES string of the molecule is Cc1cc(CNc2cc(Cl)ccc2C#N)c(C)n1C. The van der Waals surface area contributed by atoms with Crippen molar-refractivity contribution in [2.75, 3.05) is 5.32 Å². The van der Waals surface area contributed by atoms with E-state index >= 15 is 0 Å². The molecule has 1 aromatic carbocycles. The Labute approximate surface area is 118 Å². The highest BCUT2D eigenvalue weighted by Crippen LogP contribution is 2.22. The lowest BCUT2D eigenvalue weighted by molar-refractivity contribution is 0.837. The first kappa shape index (κ1) is 13.5. The monoisotopic (exact) mass is 273 g/mol. The second-order valence-corrected chi connectivity index (χ2v) is 5.05. The average molecular weight is 274 g/mol. The number of halogens is 1. The molecule has 0 spiro atoms. The van der Waals surface area contributed by atoms with Crippen LogP contribution in [0.5, 0.6) is 0 Å². The number of hydrogen-bond acceptors (Lipinski definition) is 2. The molecule has 2 aromatic rings. The van der Waals surface area contributed by atoms with Gasteiger partial charge in [-0.25, -0.2) is 0 Å². The summed E-state index contributed by atoms with van der Waals surface area (Å²) in [6, 6.07) is 9.55. The first-order valence-electron chi connectivity index (χ1n) is 6.08. The molecule has 0 aliphatic heterocycles. The molecule has 0 radical (unpaired) electrons. The standard InChI is InChI=1S/C15H16ClN3/c1-10-6-13(11(2)19(10)3)9-18-15-7-14(16)5-4-12(15)8-17/h4-7,18H,9H2,1-3H3. The van der Waals surface area contributed by atoms with Crippen LogP contribution in [0, 0.1) is 25.2 Å². The molecule has 0 bridgehead atoms. The highest BCUT2D eigenvalue weighted by molar-refractivity contribution is 6.30. The number of hydrogen-bond donors (Lipinski definition) is 1. The Hall–Kier alpha value is -1.92. The fraction of sp³-hybridized carbons (Fsp3) is 0.267. The van der Waals surface area contributed by atoms with Gasteiger partial charge in [0.1, 0.15) is 6.07 Å². The van der Waals surface area contributed by atoms with Crippen molar-refractivity contribution in [2.45, 2.75) is 20.4 Å². The van der Waals surface area contributed by atoms with Crippen LogP contribution in [0.15, 0.2) is 24.3 Å². The second-order valence-electron chi connectivity index (χ2n) is 4.61. The molecule has 0 aliphatic rings. The van der Waals surface area contributed by atoms with E-state index in [0.717, 1.165) is 5.69 Å². The zero-order chi connectivity index (χ0) is 14.0. The third-order valence-corrected chi connectivity index (χ3v) is 3.69. The van der Waals surface area contributed by atoms with E-state index in [2.05, 4.69) is 35.9 Å². The number of benzene rings is 1. The first-order chi connectivity index (χ1) is 9.02. The van der Waals surface area contributed by atoms with E-state index in [1.54, 1.807) is 18.2 Å². The first-order valence-corrected chi connectivity index (χ1v) is 6.46. The Bertz CT molecular complexity index is 650. The largest absolute Gasteiger partial charge is 0.380 e. The molecule has 1 heterocycles. The Morgan fingerprint density at radius 3 is 2.63 bits per heavy atom. The molecule has 0 unspecified atom stereocenters. The van der Waals surface area contributed by atoms with E-state index in [4.69, 9.17) is 16.9 Å². The van der Waals surface area contributed by atoms with Crippen LogP contribution in [0.25, 0.3) is 0 Å². The van der Waals surface area contributed by atoms with Gasteiger partial charge in [0.25, 0.3) is 0 Å². The number of aryl methyl sites for hydroxylation is 1. The van der Waals surface area contributed by atoms with E-state index in [-0.39, 0.29) is 0 Å². The lowest BCUT2D eigenvalue weighted by Crippen LogP contribution is -2.03. The quantitative estimate of drug-likeness (QED) is 0.925. The minimum atomic E-state index is 0.606. The van der Waals surface area contributed by atoms with Crippen molar-refractivity contribution < 1.29 is 0 Å². The van der Waals surface area contributed by atoms with Crippen molar-refractivity contribution in [3.63, 3.8) is 0 Å². The van der Waals surface area contributed by atoms with Crippen molar-refractivity contribution in [2.24, 2.45) is 7.05 Å². The van der Waals surface area contributed by atoms with Gasteiger partial charge in [-0.15, -0.1) is 0 Å². The van der Waals surface area contributed by atoms with Crippen molar-refractivity contribution in [3.05, 3.63) is 51.8 Å². The predicted molar refractivity (Wildman–Crippen MR) is 78.4 cm³/mol. The van der Waals surface area contributed by atoms with E-state index < -0.39 is 0 Å². The highest BCUT2D eigenvalue weighted by atomic mass is 35.5. The van der Waals surface area contributed by atoms with E-state index in [9.17, 15) is 0 Å². The Morgan fingerprint density at radius 1 is 1.32 bits per heavy atom. The summed E-state index contributed by atoms with van der Waals surface area (Å²) < 4.78 is 2.15. The van der Waals surface area contributed by atoms with Gasteiger partial charge in [0.05, 0.1) is 11.3 Å². The molecule has 0 amide bonds. The summed E-state index contributed by atoms with van der Waals surface area (Å²) in [5.41, 5.74) is 5.06. The fourth-order valence-electron chi connectivity index (χ4n) is 2.06. The summed E-state index contributed by atoms with van der Waals surface area (Å²) >= 11 is 5.96. The molecule has 0 saturated heterocycles. The summed E-state index contributed by atoms with van der Waals surface area (Å²) in [7, 11) is 2.05. The molecule has 3 nitrogen and oxygen atoms in total. The molecule has 0 aliphatic carbocycles. The molecule has 0 saturated carbocycles. The van der Waals surface area contributed by atoms with Gasteiger partial charge < -0.3 is 9.88 Å². The molecule has 0 fully saturated rings. The molecule has 98 valence electrons. The topological polar surface area (TPSA) is 40.8 Å². The van der Waals surface area contributed by atoms with Crippen LogP contribution in [-0.2, 0) is 13.6 Å². The van der Waals surface area contributed by atoms with Gasteiger partial charge in [-0.3, -0.25) is 0 Å². The summed E-state index contributed by atoms with van der Waals surface area (Å²) in [6.07, 6.45) is 0. The van der Waals surface area contributed by atoms with Crippen LogP contribution >= 0.6 is 11.6 Å². The number of nitrogens with one attached hydrogen (secondary N) is 1. The summed E-state index contributed by atoms with van der Waals surface area (Å²) in [5.74, 6) is 0. The predicted octanol–water partition coefficient (Wildman–Crippen LogP) is 3.78. The summed E-state index contributed by atoms with van der Waals surface area (Å²) in [6.45, 7) is 4.85. The van der Waals surface area contributed by atoms with E-state index in [1.807, 2.05) is 7.05 Å². The maximum atomic E-state index is 9.07. The third-order valence-electron chi connectivity index (χ3n) is 3.45. The normalized spacial score (nSPS) is 10.3. The Kier molecular flexibility index (Phi) is 3.82. The number of rotatable bonds is 3. The maximum Gasteiger partial charge on any atom is 0.101 e. The molecule has 19 heavy (non-hydrogen) atoms. The van der Waals surface area contributed by atoms with Crippen LogP contribution < -0.4 is 5.32 Å². The maximum absolute atomic E-state index is 9.07. The lowest BCUT2D eigenvalue weighted by atomic mass is 10.2. The van der Waals surface area contributed by atoms with Gasteiger partial charge in [-0.2, -0.15) is 5.26 Å². The van der Waals surface area contributed by atoms with Gasteiger partial charge in [0.2, 0.25) is 0 Å². The molecular weight excluding hydrogens is 258 g/mol. The third kappa shape index (κ3) is 2.74. The molecule has 0 atom stereocenters. The Balaban J connectivity index is 2.21. The summed E-state index contributed by atoms with van der Waals surface area (Å²) in [4.78, 5) is 0. The Morgan fingerprint density at radius 2 is 2.05 bits per heavy atom. The van der Waals surface area contributed by atoms with Crippen LogP contribution in [0.1, 0.15) is 22.5 Å². The molecular formula is C15H16ClN3. The van der Waals surface area contributed by atoms with Gasteiger partial charge in [0, 0.05) is 30.0 Å². The van der Waals surface area contributed by atoms with Crippen LogP contribution in [0.3, 0.4) is 0 Å². The second kappa shape index (κ2) is 5.38. The van der Waals surface area contributed by atoms with Crippen LogP contribution in [0.4, 0.5) is 5.69 Å². The smallest absolute Gasteiger partial charge is 0.101 e. The van der Waals surface area contributed by atoms with Crippen molar-refractivity contribution in [1.29, 1.82) is 5.26 Å². The number of aromatic nitrogens is 1. The molecule has 2 rings (SSSR count). The van der Waals surface area contributed by atoms with Gasteiger partial charge >= 0.3 is 0 Å². The average Bonchev–Trinajstić information content (AvgIpc) is 2.64. The summed E-state index contributed by atoms with van der Waals surface area (Å²) in [5, 5.41) is 13.0. The highest BCUT2D eigenvalue weighted by Gasteiger charge is 2.07. The minimum absolute atomic E-state index is 0.606. The van der Waals surface area contributed by atoms with Gasteiger partial charge in [0.15, 0.2) is 0 Å². The van der Waals surface area contributed by atoms with Crippen LogP contribution in [-0.4, -0.2) is 4.57 Å². The lowest BCUT2D eigenvalue weighted by Gasteiger charge is -2.09. The minimum Gasteiger partial charge on any atom is -0.380 e. The molecule has 4 heteroatoms.